The average molecular weight is 271 g/mol. The highest BCUT2D eigenvalue weighted by Gasteiger charge is 2.23. The van der Waals surface area contributed by atoms with Crippen LogP contribution in [0.15, 0.2) is 48.5 Å². The van der Waals surface area contributed by atoms with Crippen molar-refractivity contribution >= 4 is 0 Å². The molecule has 2 unspecified atom stereocenters. The Morgan fingerprint density at radius 2 is 2.05 bits per heavy atom. The minimum absolute atomic E-state index is 0.0814. The number of fused-ring (bicyclic) bond motifs is 1. The van der Waals surface area contributed by atoms with Crippen LogP contribution < -0.4 is 10.1 Å². The van der Waals surface area contributed by atoms with Gasteiger partial charge in [-0.2, -0.15) is 0 Å². The van der Waals surface area contributed by atoms with Crippen LogP contribution in [0, 0.1) is 5.82 Å². The number of hydrogen-bond acceptors (Lipinski definition) is 2. The summed E-state index contributed by atoms with van der Waals surface area (Å²) in [7, 11) is 0. The smallest absolute Gasteiger partial charge is 0.123 e. The number of halogens is 1. The molecule has 3 heteroatoms. The van der Waals surface area contributed by atoms with Gasteiger partial charge in [0.25, 0.3) is 0 Å². The van der Waals surface area contributed by atoms with Crippen LogP contribution in [0.5, 0.6) is 5.75 Å². The molecule has 0 bridgehead atoms. The lowest BCUT2D eigenvalue weighted by Crippen LogP contribution is -2.31. The van der Waals surface area contributed by atoms with Gasteiger partial charge < -0.3 is 10.1 Å². The van der Waals surface area contributed by atoms with Crippen LogP contribution in [0.2, 0.25) is 0 Å². The zero-order chi connectivity index (χ0) is 13.9. The summed E-state index contributed by atoms with van der Waals surface area (Å²) in [5.41, 5.74) is 2.22. The van der Waals surface area contributed by atoms with Crippen molar-refractivity contribution in [2.45, 2.75) is 25.5 Å². The monoisotopic (exact) mass is 271 g/mol. The number of benzene rings is 2. The van der Waals surface area contributed by atoms with E-state index in [1.54, 1.807) is 12.1 Å². The van der Waals surface area contributed by atoms with Gasteiger partial charge in [0, 0.05) is 24.6 Å². The number of hydrogen-bond donors (Lipinski definition) is 1. The van der Waals surface area contributed by atoms with Crippen molar-refractivity contribution in [3.8, 4) is 5.75 Å². The van der Waals surface area contributed by atoms with Crippen molar-refractivity contribution in [1.29, 1.82) is 0 Å². The fraction of sp³-hybridized carbons (Fsp3) is 0.294. The fourth-order valence-electron chi connectivity index (χ4n) is 2.57. The van der Waals surface area contributed by atoms with Gasteiger partial charge in [-0.25, -0.2) is 4.39 Å². The first-order valence-corrected chi connectivity index (χ1v) is 6.96. The van der Waals surface area contributed by atoms with E-state index in [1.807, 2.05) is 18.2 Å². The highest BCUT2D eigenvalue weighted by atomic mass is 19.1. The highest BCUT2D eigenvalue weighted by molar-refractivity contribution is 5.38. The Balaban J connectivity index is 1.56. The van der Waals surface area contributed by atoms with Crippen molar-refractivity contribution in [2.24, 2.45) is 0 Å². The van der Waals surface area contributed by atoms with Gasteiger partial charge in [-0.3, -0.25) is 0 Å². The van der Waals surface area contributed by atoms with Crippen LogP contribution in [0.3, 0.4) is 0 Å². The van der Waals surface area contributed by atoms with Gasteiger partial charge in [0.15, 0.2) is 0 Å². The van der Waals surface area contributed by atoms with Crippen LogP contribution in [-0.2, 0) is 6.42 Å². The molecule has 0 aromatic heterocycles. The molecule has 0 fully saturated rings. The Kier molecular flexibility index (Phi) is 3.70. The van der Waals surface area contributed by atoms with Gasteiger partial charge in [-0.1, -0.05) is 30.3 Å². The molecule has 2 atom stereocenters. The number of rotatable bonds is 4. The van der Waals surface area contributed by atoms with Gasteiger partial charge in [0.1, 0.15) is 17.7 Å². The molecular weight excluding hydrogens is 253 g/mol. The summed E-state index contributed by atoms with van der Waals surface area (Å²) in [5, 5.41) is 3.47. The van der Waals surface area contributed by atoms with Crippen molar-refractivity contribution in [1.82, 2.24) is 5.32 Å². The van der Waals surface area contributed by atoms with E-state index in [4.69, 9.17) is 4.74 Å². The SMILES string of the molecule is CC(NCC1Cc2cc(F)ccc2O1)c1ccccc1. The van der Waals surface area contributed by atoms with Crippen molar-refractivity contribution < 1.29 is 9.13 Å². The van der Waals surface area contributed by atoms with Crippen molar-refractivity contribution in [2.75, 3.05) is 6.54 Å². The minimum atomic E-state index is -0.196. The first kappa shape index (κ1) is 13.1. The lowest BCUT2D eigenvalue weighted by Gasteiger charge is -2.17. The molecule has 104 valence electrons. The summed E-state index contributed by atoms with van der Waals surface area (Å²) >= 11 is 0. The maximum Gasteiger partial charge on any atom is 0.123 e. The lowest BCUT2D eigenvalue weighted by molar-refractivity contribution is 0.222. The Morgan fingerprint density at radius 1 is 1.25 bits per heavy atom. The van der Waals surface area contributed by atoms with Gasteiger partial charge >= 0.3 is 0 Å². The second kappa shape index (κ2) is 5.63. The van der Waals surface area contributed by atoms with E-state index in [2.05, 4.69) is 24.4 Å². The number of nitrogens with one attached hydrogen (secondary N) is 1. The van der Waals surface area contributed by atoms with E-state index in [0.717, 1.165) is 24.3 Å². The standard InChI is InChI=1S/C17H18FNO/c1-12(13-5-3-2-4-6-13)19-11-16-10-14-9-15(18)7-8-17(14)20-16/h2-9,12,16,19H,10-11H2,1H3. The molecule has 1 aliphatic heterocycles. The predicted molar refractivity (Wildman–Crippen MR) is 77.4 cm³/mol. The fourth-order valence-corrected chi connectivity index (χ4v) is 2.57. The van der Waals surface area contributed by atoms with Crippen molar-refractivity contribution in [3.05, 3.63) is 65.5 Å². The second-order valence-corrected chi connectivity index (χ2v) is 5.24. The van der Waals surface area contributed by atoms with E-state index in [9.17, 15) is 4.39 Å². The molecule has 2 nitrogen and oxygen atoms in total. The highest BCUT2D eigenvalue weighted by Crippen LogP contribution is 2.29. The molecular formula is C17H18FNO. The molecule has 0 radical (unpaired) electrons. The molecule has 20 heavy (non-hydrogen) atoms. The van der Waals surface area contributed by atoms with Crippen LogP contribution in [0.25, 0.3) is 0 Å². The Bertz CT molecular complexity index is 585. The molecule has 1 N–H and O–H groups in total. The summed E-state index contributed by atoms with van der Waals surface area (Å²) in [6, 6.07) is 15.3. The Hall–Kier alpha value is -1.87. The quantitative estimate of drug-likeness (QED) is 0.919. The second-order valence-electron chi connectivity index (χ2n) is 5.24. The third-order valence-electron chi connectivity index (χ3n) is 3.72. The summed E-state index contributed by atoms with van der Waals surface area (Å²) in [6.45, 7) is 2.89. The molecule has 1 heterocycles. The molecule has 0 saturated heterocycles. The average Bonchev–Trinajstić information content (AvgIpc) is 2.87. The topological polar surface area (TPSA) is 21.3 Å². The van der Waals surface area contributed by atoms with Crippen LogP contribution in [-0.4, -0.2) is 12.6 Å². The maximum absolute atomic E-state index is 13.2. The van der Waals surface area contributed by atoms with Gasteiger partial charge in [0.2, 0.25) is 0 Å². The molecule has 0 saturated carbocycles. The van der Waals surface area contributed by atoms with E-state index in [1.165, 1.54) is 11.6 Å². The molecule has 0 amide bonds. The van der Waals surface area contributed by atoms with Crippen LogP contribution >= 0.6 is 0 Å². The van der Waals surface area contributed by atoms with Gasteiger partial charge in [-0.15, -0.1) is 0 Å². The Morgan fingerprint density at radius 3 is 2.85 bits per heavy atom. The van der Waals surface area contributed by atoms with E-state index in [0.29, 0.717) is 0 Å². The summed E-state index contributed by atoms with van der Waals surface area (Å²) < 4.78 is 19.0. The Labute approximate surface area is 118 Å². The molecule has 0 spiro atoms. The maximum atomic E-state index is 13.2. The van der Waals surface area contributed by atoms with E-state index >= 15 is 0 Å². The first-order chi connectivity index (χ1) is 9.72. The minimum Gasteiger partial charge on any atom is -0.488 e. The third kappa shape index (κ3) is 2.83. The summed E-state index contributed by atoms with van der Waals surface area (Å²) in [5.74, 6) is 0.615. The van der Waals surface area contributed by atoms with Crippen molar-refractivity contribution in [3.63, 3.8) is 0 Å². The van der Waals surface area contributed by atoms with E-state index < -0.39 is 0 Å². The molecule has 3 rings (SSSR count). The zero-order valence-electron chi connectivity index (χ0n) is 11.5. The molecule has 0 aliphatic carbocycles. The molecule has 2 aromatic carbocycles. The predicted octanol–water partition coefficient (Wildman–Crippen LogP) is 3.48. The van der Waals surface area contributed by atoms with E-state index in [-0.39, 0.29) is 18.0 Å². The van der Waals surface area contributed by atoms with Gasteiger partial charge in [-0.05, 0) is 30.7 Å². The molecule has 2 aromatic rings. The van der Waals surface area contributed by atoms with Gasteiger partial charge in [0.05, 0.1) is 0 Å². The lowest BCUT2D eigenvalue weighted by atomic mass is 10.1. The zero-order valence-corrected chi connectivity index (χ0v) is 11.5. The first-order valence-electron chi connectivity index (χ1n) is 6.96. The largest absolute Gasteiger partial charge is 0.488 e. The summed E-state index contributed by atoms with van der Waals surface area (Å²) in [6.07, 6.45) is 0.847. The number of ether oxygens (including phenoxy) is 1. The third-order valence-corrected chi connectivity index (χ3v) is 3.72. The summed E-state index contributed by atoms with van der Waals surface area (Å²) in [4.78, 5) is 0. The van der Waals surface area contributed by atoms with Crippen LogP contribution in [0.1, 0.15) is 24.1 Å². The molecule has 1 aliphatic rings. The van der Waals surface area contributed by atoms with Crippen LogP contribution in [0.4, 0.5) is 4.39 Å². The normalized spacial score (nSPS) is 18.4.